The Morgan fingerprint density at radius 3 is 2.62 bits per heavy atom. The van der Waals surface area contributed by atoms with Crippen LogP contribution in [0, 0.1) is 6.92 Å². The van der Waals surface area contributed by atoms with Crippen molar-refractivity contribution in [2.45, 2.75) is 17.6 Å². The summed E-state index contributed by atoms with van der Waals surface area (Å²) < 4.78 is 2.00. The van der Waals surface area contributed by atoms with Crippen LogP contribution in [0.15, 0.2) is 66.1 Å². The highest BCUT2D eigenvalue weighted by molar-refractivity contribution is 7.98. The van der Waals surface area contributed by atoms with Gasteiger partial charge in [0.15, 0.2) is 0 Å². The van der Waals surface area contributed by atoms with E-state index < -0.39 is 0 Å². The summed E-state index contributed by atoms with van der Waals surface area (Å²) in [4.78, 5) is 5.31. The van der Waals surface area contributed by atoms with Crippen LogP contribution in [0.5, 0.6) is 0 Å². The van der Waals surface area contributed by atoms with Crippen LogP contribution >= 0.6 is 11.8 Å². The van der Waals surface area contributed by atoms with E-state index in [-0.39, 0.29) is 0 Å². The smallest absolute Gasteiger partial charge is 0.0991 e. The Labute approximate surface area is 128 Å². The molecule has 3 aromatic rings. The van der Waals surface area contributed by atoms with E-state index in [0.717, 1.165) is 22.7 Å². The Bertz CT molecular complexity index is 718. The third-order valence-electron chi connectivity index (χ3n) is 3.39. The molecule has 0 radical (unpaired) electrons. The van der Waals surface area contributed by atoms with E-state index in [1.54, 1.807) is 12.5 Å². The molecule has 0 aliphatic heterocycles. The van der Waals surface area contributed by atoms with Crippen molar-refractivity contribution in [1.82, 2.24) is 9.55 Å². The maximum atomic E-state index is 5.84. The van der Waals surface area contributed by atoms with Gasteiger partial charge in [0.1, 0.15) is 0 Å². The average Bonchev–Trinajstić information content (AvgIpc) is 3.03. The first kappa shape index (κ1) is 13.8. The van der Waals surface area contributed by atoms with Gasteiger partial charge in [-0.2, -0.15) is 0 Å². The summed E-state index contributed by atoms with van der Waals surface area (Å²) in [6.07, 6.45) is 5.54. The number of rotatable bonds is 4. The molecule has 0 bridgehead atoms. The molecule has 0 aliphatic rings. The number of benzene rings is 2. The van der Waals surface area contributed by atoms with E-state index in [9.17, 15) is 0 Å². The molecule has 0 saturated carbocycles. The van der Waals surface area contributed by atoms with Crippen molar-refractivity contribution in [3.63, 3.8) is 0 Å². The van der Waals surface area contributed by atoms with E-state index >= 15 is 0 Å². The van der Waals surface area contributed by atoms with Gasteiger partial charge >= 0.3 is 0 Å². The number of hydrogen-bond acceptors (Lipinski definition) is 3. The summed E-state index contributed by atoms with van der Waals surface area (Å²) in [7, 11) is 0. The summed E-state index contributed by atoms with van der Waals surface area (Å²) in [5.41, 5.74) is 10.3. The largest absolute Gasteiger partial charge is 0.399 e. The number of anilines is 1. The minimum Gasteiger partial charge on any atom is -0.399 e. The second kappa shape index (κ2) is 6.06. The molecule has 106 valence electrons. The van der Waals surface area contributed by atoms with Crippen LogP contribution in [0.25, 0.3) is 5.69 Å². The summed E-state index contributed by atoms with van der Waals surface area (Å²) in [5, 5.41) is 0. The molecule has 0 atom stereocenters. The molecule has 0 spiro atoms. The highest BCUT2D eigenvalue weighted by Gasteiger charge is 2.00. The molecular formula is C17H17N3S. The molecule has 2 aromatic carbocycles. The number of nitrogens with zero attached hydrogens (tertiary/aromatic N) is 2. The van der Waals surface area contributed by atoms with Gasteiger partial charge in [0.05, 0.1) is 6.33 Å². The van der Waals surface area contributed by atoms with Crippen molar-refractivity contribution in [2.75, 3.05) is 5.73 Å². The maximum absolute atomic E-state index is 5.84. The number of thioether (sulfide) groups is 1. The van der Waals surface area contributed by atoms with E-state index in [4.69, 9.17) is 5.73 Å². The Kier molecular flexibility index (Phi) is 3.97. The number of nitrogens with two attached hydrogens (primary N) is 1. The highest BCUT2D eigenvalue weighted by atomic mass is 32.2. The van der Waals surface area contributed by atoms with Crippen molar-refractivity contribution >= 4 is 17.4 Å². The van der Waals surface area contributed by atoms with Crippen LogP contribution in [-0.4, -0.2) is 9.55 Å². The summed E-state index contributed by atoms with van der Waals surface area (Å²) in [6.45, 7) is 2.04. The van der Waals surface area contributed by atoms with Crippen molar-refractivity contribution in [3.05, 3.63) is 72.3 Å². The van der Waals surface area contributed by atoms with Gasteiger partial charge in [-0.1, -0.05) is 12.1 Å². The lowest BCUT2D eigenvalue weighted by atomic mass is 10.2. The van der Waals surface area contributed by atoms with E-state index in [2.05, 4.69) is 41.4 Å². The van der Waals surface area contributed by atoms with E-state index in [1.165, 1.54) is 10.5 Å². The fourth-order valence-electron chi connectivity index (χ4n) is 2.08. The minimum atomic E-state index is 0.851. The minimum absolute atomic E-state index is 0.851. The third kappa shape index (κ3) is 3.28. The predicted octanol–water partition coefficient (Wildman–Crippen LogP) is 4.06. The second-order valence-corrected chi connectivity index (χ2v) is 5.99. The normalized spacial score (nSPS) is 10.7. The lowest BCUT2D eigenvalue weighted by Gasteiger charge is -2.06. The Morgan fingerprint density at radius 2 is 1.95 bits per heavy atom. The molecule has 4 heteroatoms. The molecule has 0 unspecified atom stereocenters. The monoisotopic (exact) mass is 295 g/mol. The number of aromatic nitrogens is 2. The van der Waals surface area contributed by atoms with Gasteiger partial charge in [0.25, 0.3) is 0 Å². The zero-order valence-electron chi connectivity index (χ0n) is 11.9. The van der Waals surface area contributed by atoms with Gasteiger partial charge in [-0.15, -0.1) is 11.8 Å². The third-order valence-corrected chi connectivity index (χ3v) is 4.45. The maximum Gasteiger partial charge on any atom is 0.0991 e. The molecular weight excluding hydrogens is 278 g/mol. The highest BCUT2D eigenvalue weighted by Crippen LogP contribution is 2.26. The molecule has 1 heterocycles. The van der Waals surface area contributed by atoms with Crippen molar-refractivity contribution in [1.29, 1.82) is 0 Å². The first-order valence-corrected chi connectivity index (χ1v) is 7.77. The predicted molar refractivity (Wildman–Crippen MR) is 88.7 cm³/mol. The van der Waals surface area contributed by atoms with E-state index in [1.807, 2.05) is 35.5 Å². The fraction of sp³-hybridized carbons (Fsp3) is 0.118. The van der Waals surface area contributed by atoms with Crippen LogP contribution in [0.2, 0.25) is 0 Å². The molecule has 0 amide bonds. The molecule has 0 fully saturated rings. The number of nitrogen functional groups attached to an aromatic ring is 1. The van der Waals surface area contributed by atoms with Crippen LogP contribution in [0.1, 0.15) is 11.1 Å². The van der Waals surface area contributed by atoms with Gasteiger partial charge in [-0.25, -0.2) is 4.98 Å². The first-order chi connectivity index (χ1) is 10.2. The summed E-state index contributed by atoms with van der Waals surface area (Å²) in [5.74, 6) is 0.952. The van der Waals surface area contributed by atoms with Gasteiger partial charge in [-0.3, -0.25) is 0 Å². The van der Waals surface area contributed by atoms with Gasteiger partial charge < -0.3 is 10.3 Å². The molecule has 0 saturated heterocycles. The standard InChI is InChI=1S/C17H17N3S/c1-13-10-16(6-7-17(13)18)21-11-14-2-4-15(5-3-14)20-9-8-19-12-20/h2-10,12H,11,18H2,1H3. The molecule has 21 heavy (non-hydrogen) atoms. The summed E-state index contributed by atoms with van der Waals surface area (Å²) in [6, 6.07) is 14.7. The number of hydrogen-bond donors (Lipinski definition) is 1. The van der Waals surface area contributed by atoms with Gasteiger partial charge in [0, 0.05) is 34.4 Å². The fourth-order valence-corrected chi connectivity index (χ4v) is 3.03. The second-order valence-electron chi connectivity index (χ2n) is 4.94. The van der Waals surface area contributed by atoms with Gasteiger partial charge in [-0.05, 0) is 48.4 Å². The molecule has 3 rings (SSSR count). The van der Waals surface area contributed by atoms with Crippen LogP contribution < -0.4 is 5.73 Å². The van der Waals surface area contributed by atoms with E-state index in [0.29, 0.717) is 0 Å². The number of imidazole rings is 1. The van der Waals surface area contributed by atoms with Crippen molar-refractivity contribution < 1.29 is 0 Å². The van der Waals surface area contributed by atoms with Crippen LogP contribution in [0.4, 0.5) is 5.69 Å². The zero-order chi connectivity index (χ0) is 14.7. The quantitative estimate of drug-likeness (QED) is 0.583. The average molecular weight is 295 g/mol. The molecule has 0 aliphatic carbocycles. The Morgan fingerprint density at radius 1 is 1.14 bits per heavy atom. The lowest BCUT2D eigenvalue weighted by molar-refractivity contribution is 1.05. The first-order valence-electron chi connectivity index (χ1n) is 6.78. The molecule has 2 N–H and O–H groups in total. The van der Waals surface area contributed by atoms with Gasteiger partial charge in [0.2, 0.25) is 0 Å². The Balaban J connectivity index is 1.66. The SMILES string of the molecule is Cc1cc(SCc2ccc(-n3ccnc3)cc2)ccc1N. The van der Waals surface area contributed by atoms with Crippen molar-refractivity contribution in [3.8, 4) is 5.69 Å². The topological polar surface area (TPSA) is 43.8 Å². The van der Waals surface area contributed by atoms with Crippen molar-refractivity contribution in [2.24, 2.45) is 0 Å². The Hall–Kier alpha value is -2.20. The van der Waals surface area contributed by atoms with Crippen LogP contribution in [-0.2, 0) is 5.75 Å². The summed E-state index contributed by atoms with van der Waals surface area (Å²) >= 11 is 1.83. The van der Waals surface area contributed by atoms with Crippen LogP contribution in [0.3, 0.4) is 0 Å². The lowest BCUT2D eigenvalue weighted by Crippen LogP contribution is -1.91. The molecule has 3 nitrogen and oxygen atoms in total. The molecule has 1 aromatic heterocycles. The number of aryl methyl sites for hydroxylation is 1. The zero-order valence-corrected chi connectivity index (χ0v) is 12.7.